The zero-order valence-corrected chi connectivity index (χ0v) is 12.3. The lowest BCUT2D eigenvalue weighted by molar-refractivity contribution is -0.113. The fraction of sp³-hybridized carbons (Fsp3) is 0.429. The van der Waals surface area contributed by atoms with Crippen molar-refractivity contribution in [1.29, 1.82) is 0 Å². The van der Waals surface area contributed by atoms with E-state index in [2.05, 4.69) is 4.74 Å². The SMILES string of the molecule is CCOC(=O)O[C@@H]1CS[C@H](COC(=O)c2ccccc2)O1. The Morgan fingerprint density at radius 3 is 2.76 bits per heavy atom. The Morgan fingerprint density at radius 2 is 2.05 bits per heavy atom. The number of ether oxygens (including phenoxy) is 4. The van der Waals surface area contributed by atoms with Gasteiger partial charge in [-0.3, -0.25) is 0 Å². The number of benzene rings is 1. The molecule has 6 nitrogen and oxygen atoms in total. The van der Waals surface area contributed by atoms with E-state index < -0.39 is 18.4 Å². The van der Waals surface area contributed by atoms with Crippen LogP contribution < -0.4 is 0 Å². The first-order valence-corrected chi connectivity index (χ1v) is 7.56. The smallest absolute Gasteiger partial charge is 0.458 e. The summed E-state index contributed by atoms with van der Waals surface area (Å²) in [6.07, 6.45) is -1.43. The van der Waals surface area contributed by atoms with E-state index in [0.717, 1.165) is 0 Å². The summed E-state index contributed by atoms with van der Waals surface area (Å²) in [5.74, 6) is 0.0707. The maximum Gasteiger partial charge on any atom is 0.510 e. The van der Waals surface area contributed by atoms with Crippen LogP contribution in [0.5, 0.6) is 0 Å². The highest BCUT2D eigenvalue weighted by molar-refractivity contribution is 8.00. The first-order valence-electron chi connectivity index (χ1n) is 6.51. The first kappa shape index (κ1) is 15.7. The fourth-order valence-electron chi connectivity index (χ4n) is 1.64. The Hall–Kier alpha value is -1.73. The van der Waals surface area contributed by atoms with Crippen LogP contribution in [-0.4, -0.2) is 42.8 Å². The van der Waals surface area contributed by atoms with Crippen molar-refractivity contribution in [2.24, 2.45) is 0 Å². The molecule has 21 heavy (non-hydrogen) atoms. The molecule has 0 amide bonds. The minimum atomic E-state index is -0.759. The zero-order chi connectivity index (χ0) is 15.1. The van der Waals surface area contributed by atoms with Gasteiger partial charge in [-0.2, -0.15) is 0 Å². The third-order valence-electron chi connectivity index (χ3n) is 2.57. The summed E-state index contributed by atoms with van der Waals surface area (Å²) < 4.78 is 20.2. The summed E-state index contributed by atoms with van der Waals surface area (Å²) in [5.41, 5.74) is 0.136. The summed E-state index contributed by atoms with van der Waals surface area (Å²) in [5, 5.41) is 0. The van der Waals surface area contributed by atoms with Crippen molar-refractivity contribution >= 4 is 23.9 Å². The topological polar surface area (TPSA) is 71.1 Å². The van der Waals surface area contributed by atoms with Gasteiger partial charge in [0.1, 0.15) is 12.0 Å². The van der Waals surface area contributed by atoms with Crippen molar-refractivity contribution < 1.29 is 28.5 Å². The quantitative estimate of drug-likeness (QED) is 0.773. The maximum absolute atomic E-state index is 11.8. The van der Waals surface area contributed by atoms with Crippen LogP contribution in [0.25, 0.3) is 0 Å². The number of hydrogen-bond donors (Lipinski definition) is 0. The molecular formula is C14H16O6S. The molecule has 1 heterocycles. The van der Waals surface area contributed by atoms with Crippen molar-refractivity contribution in [3.8, 4) is 0 Å². The lowest BCUT2D eigenvalue weighted by Gasteiger charge is -2.13. The van der Waals surface area contributed by atoms with Crippen LogP contribution in [0.2, 0.25) is 0 Å². The zero-order valence-electron chi connectivity index (χ0n) is 11.5. The molecule has 1 aromatic carbocycles. The van der Waals surface area contributed by atoms with Crippen molar-refractivity contribution in [1.82, 2.24) is 0 Å². The highest BCUT2D eigenvalue weighted by atomic mass is 32.2. The van der Waals surface area contributed by atoms with E-state index in [-0.39, 0.29) is 18.6 Å². The molecular weight excluding hydrogens is 296 g/mol. The van der Waals surface area contributed by atoms with Crippen LogP contribution in [0.15, 0.2) is 30.3 Å². The van der Waals surface area contributed by atoms with Gasteiger partial charge in [-0.25, -0.2) is 9.59 Å². The molecule has 114 valence electrons. The molecule has 0 saturated carbocycles. The van der Waals surface area contributed by atoms with Gasteiger partial charge in [-0.1, -0.05) is 18.2 Å². The third-order valence-corrected chi connectivity index (χ3v) is 3.66. The van der Waals surface area contributed by atoms with Gasteiger partial charge < -0.3 is 18.9 Å². The summed E-state index contributed by atoms with van der Waals surface area (Å²) in [6, 6.07) is 8.71. The second kappa shape index (κ2) is 7.90. The average Bonchev–Trinajstić information content (AvgIpc) is 2.93. The molecule has 1 aliphatic heterocycles. The summed E-state index contributed by atoms with van der Waals surface area (Å²) in [4.78, 5) is 22.9. The van der Waals surface area contributed by atoms with E-state index in [1.165, 1.54) is 11.8 Å². The normalized spacial score (nSPS) is 20.8. The van der Waals surface area contributed by atoms with Crippen molar-refractivity contribution in [3.63, 3.8) is 0 Å². The van der Waals surface area contributed by atoms with Gasteiger partial charge in [0.25, 0.3) is 0 Å². The molecule has 1 saturated heterocycles. The molecule has 0 spiro atoms. The standard InChI is InChI=1S/C14H16O6S/c1-2-17-14(16)20-11-9-21-12(19-11)8-18-13(15)10-6-4-3-5-7-10/h3-7,11-12H,2,8-9H2,1H3/t11-,12-/m1/s1. The minimum Gasteiger partial charge on any atom is -0.458 e. The van der Waals surface area contributed by atoms with Gasteiger partial charge in [-0.15, -0.1) is 11.8 Å². The van der Waals surface area contributed by atoms with E-state index in [4.69, 9.17) is 14.2 Å². The van der Waals surface area contributed by atoms with Crippen LogP contribution in [0.1, 0.15) is 17.3 Å². The molecule has 2 atom stereocenters. The molecule has 1 aliphatic rings. The van der Waals surface area contributed by atoms with Gasteiger partial charge in [0.15, 0.2) is 0 Å². The minimum absolute atomic E-state index is 0.0983. The number of hydrogen-bond acceptors (Lipinski definition) is 7. The molecule has 0 N–H and O–H groups in total. The molecule has 0 bridgehead atoms. The molecule has 2 rings (SSSR count). The van der Waals surface area contributed by atoms with Crippen molar-refractivity contribution in [3.05, 3.63) is 35.9 Å². The Morgan fingerprint density at radius 1 is 1.29 bits per heavy atom. The van der Waals surface area contributed by atoms with E-state index in [1.807, 2.05) is 6.07 Å². The summed E-state index contributed by atoms with van der Waals surface area (Å²) in [7, 11) is 0. The molecule has 7 heteroatoms. The highest BCUT2D eigenvalue weighted by Gasteiger charge is 2.30. The van der Waals surface area contributed by atoms with Crippen LogP contribution in [0.3, 0.4) is 0 Å². The summed E-state index contributed by atoms with van der Waals surface area (Å²) in [6.45, 7) is 2.04. The highest BCUT2D eigenvalue weighted by Crippen LogP contribution is 2.26. The molecule has 1 aromatic rings. The average molecular weight is 312 g/mol. The lowest BCUT2D eigenvalue weighted by Crippen LogP contribution is -2.23. The van der Waals surface area contributed by atoms with Crippen LogP contribution in [0.4, 0.5) is 4.79 Å². The van der Waals surface area contributed by atoms with Crippen molar-refractivity contribution in [2.45, 2.75) is 18.6 Å². The maximum atomic E-state index is 11.8. The van der Waals surface area contributed by atoms with Crippen LogP contribution >= 0.6 is 11.8 Å². The predicted molar refractivity (Wildman–Crippen MR) is 76.0 cm³/mol. The second-order valence-electron chi connectivity index (χ2n) is 4.09. The lowest BCUT2D eigenvalue weighted by atomic mass is 10.2. The number of rotatable bonds is 5. The van der Waals surface area contributed by atoms with E-state index in [9.17, 15) is 9.59 Å². The Kier molecular flexibility index (Phi) is 5.89. The number of esters is 1. The Balaban J connectivity index is 1.71. The van der Waals surface area contributed by atoms with Gasteiger partial charge in [-0.05, 0) is 19.1 Å². The van der Waals surface area contributed by atoms with Gasteiger partial charge in [0.2, 0.25) is 6.29 Å². The molecule has 0 aliphatic carbocycles. The number of carbonyl (C=O) groups excluding carboxylic acids is 2. The molecule has 0 radical (unpaired) electrons. The van der Waals surface area contributed by atoms with E-state index in [0.29, 0.717) is 11.3 Å². The van der Waals surface area contributed by atoms with E-state index in [1.54, 1.807) is 31.2 Å². The molecule has 0 aromatic heterocycles. The van der Waals surface area contributed by atoms with E-state index >= 15 is 0 Å². The Labute approximate surface area is 126 Å². The fourth-order valence-corrected chi connectivity index (χ4v) is 2.53. The van der Waals surface area contributed by atoms with Crippen LogP contribution in [-0.2, 0) is 18.9 Å². The monoisotopic (exact) mass is 312 g/mol. The summed E-state index contributed by atoms with van der Waals surface area (Å²) >= 11 is 1.42. The first-order chi connectivity index (χ1) is 10.2. The number of carbonyl (C=O) groups is 2. The Bertz CT molecular complexity index is 478. The largest absolute Gasteiger partial charge is 0.510 e. The van der Waals surface area contributed by atoms with Crippen LogP contribution in [0, 0.1) is 0 Å². The van der Waals surface area contributed by atoms with Gasteiger partial charge in [0, 0.05) is 0 Å². The van der Waals surface area contributed by atoms with Gasteiger partial charge >= 0.3 is 12.1 Å². The number of thioether (sulfide) groups is 1. The molecule has 1 fully saturated rings. The second-order valence-corrected chi connectivity index (χ2v) is 5.29. The van der Waals surface area contributed by atoms with Gasteiger partial charge in [0.05, 0.1) is 17.9 Å². The third kappa shape index (κ3) is 4.95. The predicted octanol–water partition coefficient (Wildman–Crippen LogP) is 2.43. The molecule has 0 unspecified atom stereocenters. The van der Waals surface area contributed by atoms with Crippen molar-refractivity contribution in [2.75, 3.05) is 19.0 Å².